The first-order valence-corrected chi connectivity index (χ1v) is 10.5. The van der Waals surface area contributed by atoms with E-state index in [1.165, 1.54) is 0 Å². The lowest BCUT2D eigenvalue weighted by atomic mass is 10.1. The number of hydrogen-bond donors (Lipinski definition) is 0. The first kappa shape index (κ1) is 19.3. The van der Waals surface area contributed by atoms with Crippen molar-refractivity contribution in [3.8, 4) is 11.5 Å². The van der Waals surface area contributed by atoms with Gasteiger partial charge in [0.2, 0.25) is 0 Å². The summed E-state index contributed by atoms with van der Waals surface area (Å²) in [5, 5.41) is 2.03. The van der Waals surface area contributed by atoms with E-state index in [0.717, 1.165) is 35.2 Å². The zero-order valence-electron chi connectivity index (χ0n) is 16.4. The van der Waals surface area contributed by atoms with Gasteiger partial charge in [-0.3, -0.25) is 4.79 Å². The average molecular weight is 409 g/mol. The Balaban J connectivity index is 1.37. The zero-order valence-corrected chi connectivity index (χ0v) is 17.2. The standard InChI is InChI=1S/C23H24N2O3S/c1-27-22-10-3-2-9-21(22)24-11-13-25(14-12-24)23(26)18-6-4-7-19(16-18)28-17-20-8-5-15-29-20/h2-10,15-16H,11-14,17H2,1H3. The molecule has 4 rings (SSSR count). The predicted octanol–water partition coefficient (Wildman–Crippen LogP) is 4.30. The number of benzene rings is 2. The highest BCUT2D eigenvalue weighted by molar-refractivity contribution is 7.09. The number of ether oxygens (including phenoxy) is 2. The molecule has 0 saturated carbocycles. The Kier molecular flexibility index (Phi) is 6.00. The lowest BCUT2D eigenvalue weighted by molar-refractivity contribution is 0.0746. The smallest absolute Gasteiger partial charge is 0.254 e. The summed E-state index contributed by atoms with van der Waals surface area (Å²) in [7, 11) is 1.69. The molecule has 1 saturated heterocycles. The molecule has 29 heavy (non-hydrogen) atoms. The van der Waals surface area contributed by atoms with E-state index in [9.17, 15) is 4.79 Å². The van der Waals surface area contributed by atoms with Crippen LogP contribution in [-0.4, -0.2) is 44.1 Å². The van der Waals surface area contributed by atoms with Gasteiger partial charge in [-0.25, -0.2) is 0 Å². The fourth-order valence-electron chi connectivity index (χ4n) is 3.49. The zero-order chi connectivity index (χ0) is 20.1. The molecule has 2 aromatic carbocycles. The van der Waals surface area contributed by atoms with Crippen LogP contribution in [0.3, 0.4) is 0 Å². The highest BCUT2D eigenvalue weighted by Crippen LogP contribution is 2.28. The van der Waals surface area contributed by atoms with Crippen LogP contribution in [0.2, 0.25) is 0 Å². The maximum atomic E-state index is 13.0. The minimum absolute atomic E-state index is 0.0475. The van der Waals surface area contributed by atoms with Crippen molar-refractivity contribution in [2.75, 3.05) is 38.2 Å². The van der Waals surface area contributed by atoms with E-state index < -0.39 is 0 Å². The third kappa shape index (κ3) is 4.54. The molecular weight excluding hydrogens is 384 g/mol. The van der Waals surface area contributed by atoms with Gasteiger partial charge in [-0.1, -0.05) is 24.3 Å². The van der Waals surface area contributed by atoms with Crippen LogP contribution in [0.5, 0.6) is 11.5 Å². The summed E-state index contributed by atoms with van der Waals surface area (Å²) in [6, 6.07) is 19.5. The third-order valence-corrected chi connectivity index (χ3v) is 5.88. The summed E-state index contributed by atoms with van der Waals surface area (Å²) in [4.78, 5) is 18.3. The van der Waals surface area contributed by atoms with E-state index in [0.29, 0.717) is 25.3 Å². The van der Waals surface area contributed by atoms with E-state index in [1.54, 1.807) is 18.4 Å². The Morgan fingerprint density at radius 2 is 1.83 bits per heavy atom. The molecule has 150 valence electrons. The molecule has 2 heterocycles. The van der Waals surface area contributed by atoms with Crippen LogP contribution < -0.4 is 14.4 Å². The summed E-state index contributed by atoms with van der Waals surface area (Å²) in [6.45, 7) is 3.43. The summed E-state index contributed by atoms with van der Waals surface area (Å²) in [6.07, 6.45) is 0. The van der Waals surface area contributed by atoms with Gasteiger partial charge in [0.1, 0.15) is 18.1 Å². The van der Waals surface area contributed by atoms with Gasteiger partial charge < -0.3 is 19.3 Å². The number of hydrogen-bond acceptors (Lipinski definition) is 5. The second-order valence-electron chi connectivity index (χ2n) is 6.85. The topological polar surface area (TPSA) is 42.0 Å². The molecule has 0 bridgehead atoms. The van der Waals surface area contributed by atoms with Crippen molar-refractivity contribution in [3.63, 3.8) is 0 Å². The molecule has 0 aliphatic carbocycles. The molecule has 3 aromatic rings. The summed E-state index contributed by atoms with van der Waals surface area (Å²) >= 11 is 1.66. The molecular formula is C23H24N2O3S. The van der Waals surface area contributed by atoms with Gasteiger partial charge in [0, 0.05) is 36.6 Å². The fraction of sp³-hybridized carbons (Fsp3) is 0.261. The Morgan fingerprint density at radius 1 is 1.00 bits per heavy atom. The van der Waals surface area contributed by atoms with Crippen LogP contribution in [0, 0.1) is 0 Å². The number of anilines is 1. The van der Waals surface area contributed by atoms with E-state index in [4.69, 9.17) is 9.47 Å². The maximum Gasteiger partial charge on any atom is 0.254 e. The third-order valence-electron chi connectivity index (χ3n) is 5.03. The maximum absolute atomic E-state index is 13.0. The molecule has 1 fully saturated rings. The van der Waals surface area contributed by atoms with E-state index >= 15 is 0 Å². The number of rotatable bonds is 6. The van der Waals surface area contributed by atoms with Crippen molar-refractivity contribution in [2.24, 2.45) is 0 Å². The Labute approximate surface area is 175 Å². The average Bonchev–Trinajstić information content (AvgIpc) is 3.31. The number of carbonyl (C=O) groups excluding carboxylic acids is 1. The van der Waals surface area contributed by atoms with Crippen LogP contribution in [0.15, 0.2) is 66.0 Å². The van der Waals surface area contributed by atoms with Crippen molar-refractivity contribution < 1.29 is 14.3 Å². The molecule has 0 unspecified atom stereocenters. The van der Waals surface area contributed by atoms with Gasteiger partial charge in [-0.05, 0) is 41.8 Å². The van der Waals surface area contributed by atoms with Gasteiger partial charge in [-0.2, -0.15) is 0 Å². The lowest BCUT2D eigenvalue weighted by Gasteiger charge is -2.36. The van der Waals surface area contributed by atoms with Crippen LogP contribution in [0.1, 0.15) is 15.2 Å². The molecule has 0 N–H and O–H groups in total. The Bertz CT molecular complexity index is 950. The lowest BCUT2D eigenvalue weighted by Crippen LogP contribution is -2.48. The highest BCUT2D eigenvalue weighted by Gasteiger charge is 2.24. The molecule has 1 amide bonds. The van der Waals surface area contributed by atoms with E-state index in [-0.39, 0.29) is 5.91 Å². The number of piperazine rings is 1. The molecule has 0 radical (unpaired) electrons. The number of thiophene rings is 1. The molecule has 5 nitrogen and oxygen atoms in total. The van der Waals surface area contributed by atoms with Gasteiger partial charge in [0.05, 0.1) is 12.8 Å². The largest absolute Gasteiger partial charge is 0.495 e. The van der Waals surface area contributed by atoms with Gasteiger partial charge in [0.15, 0.2) is 0 Å². The molecule has 1 aromatic heterocycles. The van der Waals surface area contributed by atoms with Gasteiger partial charge >= 0.3 is 0 Å². The normalized spacial score (nSPS) is 14.0. The molecule has 0 spiro atoms. The summed E-state index contributed by atoms with van der Waals surface area (Å²) < 4.78 is 11.3. The second-order valence-corrected chi connectivity index (χ2v) is 7.88. The van der Waals surface area contributed by atoms with E-state index in [2.05, 4.69) is 11.0 Å². The van der Waals surface area contributed by atoms with Gasteiger partial charge in [-0.15, -0.1) is 11.3 Å². The fourth-order valence-corrected chi connectivity index (χ4v) is 4.11. The SMILES string of the molecule is COc1ccccc1N1CCN(C(=O)c2cccc(OCc3cccs3)c2)CC1. The Morgan fingerprint density at radius 3 is 2.59 bits per heavy atom. The first-order valence-electron chi connectivity index (χ1n) is 9.67. The molecule has 6 heteroatoms. The summed E-state index contributed by atoms with van der Waals surface area (Å²) in [5.41, 5.74) is 1.74. The van der Waals surface area contributed by atoms with Crippen molar-refractivity contribution in [2.45, 2.75) is 6.61 Å². The quantitative estimate of drug-likeness (QED) is 0.610. The minimum Gasteiger partial charge on any atom is -0.495 e. The van der Waals surface area contributed by atoms with Crippen LogP contribution in [0.25, 0.3) is 0 Å². The number of para-hydroxylation sites is 2. The van der Waals surface area contributed by atoms with E-state index in [1.807, 2.05) is 64.9 Å². The number of methoxy groups -OCH3 is 1. The van der Waals surface area contributed by atoms with Crippen molar-refractivity contribution in [1.82, 2.24) is 4.90 Å². The molecule has 0 atom stereocenters. The van der Waals surface area contributed by atoms with Crippen LogP contribution in [-0.2, 0) is 6.61 Å². The monoisotopic (exact) mass is 408 g/mol. The van der Waals surface area contributed by atoms with Crippen LogP contribution >= 0.6 is 11.3 Å². The van der Waals surface area contributed by atoms with Gasteiger partial charge in [0.25, 0.3) is 5.91 Å². The number of carbonyl (C=O) groups is 1. The van der Waals surface area contributed by atoms with Crippen LogP contribution in [0.4, 0.5) is 5.69 Å². The molecule has 1 aliphatic heterocycles. The first-order chi connectivity index (χ1) is 14.2. The van der Waals surface area contributed by atoms with Crippen molar-refractivity contribution >= 4 is 22.9 Å². The summed E-state index contributed by atoms with van der Waals surface area (Å²) in [5.74, 6) is 1.63. The second kappa shape index (κ2) is 9.01. The highest BCUT2D eigenvalue weighted by atomic mass is 32.1. The predicted molar refractivity (Wildman–Crippen MR) is 116 cm³/mol. The number of amides is 1. The molecule has 1 aliphatic rings. The van der Waals surface area contributed by atoms with Crippen molar-refractivity contribution in [3.05, 3.63) is 76.5 Å². The minimum atomic E-state index is 0.0475. The Hall–Kier alpha value is -2.99. The van der Waals surface area contributed by atoms with Crippen molar-refractivity contribution in [1.29, 1.82) is 0 Å². The number of nitrogens with zero attached hydrogens (tertiary/aromatic N) is 2.